The van der Waals surface area contributed by atoms with Crippen LogP contribution in [0.25, 0.3) is 6.08 Å². The van der Waals surface area contributed by atoms with Crippen LogP contribution < -0.4 is 20.5 Å². The van der Waals surface area contributed by atoms with Gasteiger partial charge in [0, 0.05) is 29.5 Å². The number of aliphatic imine (C=N–C) groups is 1. The van der Waals surface area contributed by atoms with Crippen LogP contribution in [0.1, 0.15) is 91.5 Å². The molecule has 0 fully saturated rings. The molecule has 8 heteroatoms. The molecule has 5 heterocycles. The summed E-state index contributed by atoms with van der Waals surface area (Å²) in [5.74, 6) is 1.50. The summed E-state index contributed by atoms with van der Waals surface area (Å²) in [6, 6.07) is 11.0. The number of hydrogen-bond donors (Lipinski definition) is 2. The number of ether oxygens (including phenoxy) is 2. The van der Waals surface area contributed by atoms with E-state index in [4.69, 9.17) is 20.2 Å². The van der Waals surface area contributed by atoms with Gasteiger partial charge in [0.1, 0.15) is 11.5 Å². The first-order valence-corrected chi connectivity index (χ1v) is 13.6. The zero-order valence-corrected chi connectivity index (χ0v) is 21.9. The molecule has 7 rings (SSSR count). The lowest BCUT2D eigenvalue weighted by molar-refractivity contribution is -0.132. The van der Waals surface area contributed by atoms with Crippen LogP contribution in [0.5, 0.6) is 11.5 Å². The molecule has 4 atom stereocenters. The highest BCUT2D eigenvalue weighted by atomic mass is 16.5. The number of allylic oxidation sites excluding steroid dienone is 1. The van der Waals surface area contributed by atoms with Crippen LogP contribution in [0.2, 0.25) is 0 Å². The SMILES string of the molecule is CC[C@@]12CC/C=C\c3ccc4c(c3)[C@H](C[C@@H](C)O4)NC(=O)c3ccc4c(c3)[C@@H](CCO4)N(C(=O)C1)C(N)=N2. The van der Waals surface area contributed by atoms with Crippen molar-refractivity contribution in [3.05, 3.63) is 64.7 Å². The van der Waals surface area contributed by atoms with E-state index < -0.39 is 5.54 Å². The number of carbonyl (C=O) groups excluding carboxylic acids is 2. The van der Waals surface area contributed by atoms with Crippen molar-refractivity contribution in [2.75, 3.05) is 6.61 Å². The van der Waals surface area contributed by atoms with Crippen LogP contribution in [0.4, 0.5) is 0 Å². The molecule has 0 aliphatic carbocycles. The summed E-state index contributed by atoms with van der Waals surface area (Å²) in [5.41, 5.74) is 9.31. The highest BCUT2D eigenvalue weighted by Gasteiger charge is 2.42. The Hall–Kier alpha value is -3.81. The number of hydrogen-bond acceptors (Lipinski definition) is 6. The fourth-order valence-electron chi connectivity index (χ4n) is 6.20. The molecule has 0 aromatic heterocycles. The molecular weight excluding hydrogens is 480 g/mol. The van der Waals surface area contributed by atoms with Crippen LogP contribution >= 0.6 is 0 Å². The van der Waals surface area contributed by atoms with Gasteiger partial charge in [0.15, 0.2) is 5.96 Å². The standard InChI is InChI=1S/C30H34N4O4/c1-3-30-12-5-4-6-19-7-9-26-21(15-19)23(14-18(2)38-26)32-28(36)20-8-10-25-22(16-20)24(11-13-37-25)34(27(35)17-30)29(31)33-30/h4,6-10,15-16,18,23-24H,3,5,11-14,17H2,1-2H3,(H2,31,33)(H,32,36)/b6-4-/t18-,23+,24-,30-/m1/s1. The van der Waals surface area contributed by atoms with Crippen molar-refractivity contribution in [1.82, 2.24) is 10.2 Å². The average Bonchev–Trinajstić information content (AvgIpc) is 2.90. The highest BCUT2D eigenvalue weighted by Crippen LogP contribution is 2.41. The Morgan fingerprint density at radius 3 is 2.82 bits per heavy atom. The molecule has 6 bridgehead atoms. The summed E-state index contributed by atoms with van der Waals surface area (Å²) in [6.45, 7) is 4.54. The molecule has 2 aromatic rings. The van der Waals surface area contributed by atoms with E-state index in [-0.39, 0.29) is 36.0 Å². The first kappa shape index (κ1) is 24.5. The molecule has 38 heavy (non-hydrogen) atoms. The Bertz CT molecular complexity index is 1350. The van der Waals surface area contributed by atoms with E-state index in [0.29, 0.717) is 37.2 Å². The zero-order chi connectivity index (χ0) is 26.4. The minimum absolute atomic E-state index is 0.0183. The lowest BCUT2D eigenvalue weighted by atomic mass is 9.84. The van der Waals surface area contributed by atoms with Gasteiger partial charge in [0.2, 0.25) is 5.91 Å². The van der Waals surface area contributed by atoms with E-state index in [9.17, 15) is 9.59 Å². The smallest absolute Gasteiger partial charge is 0.251 e. The number of rotatable bonds is 1. The molecule has 5 aliphatic heterocycles. The second-order valence-corrected chi connectivity index (χ2v) is 10.8. The predicted octanol–water partition coefficient (Wildman–Crippen LogP) is 4.66. The van der Waals surface area contributed by atoms with Crippen LogP contribution in [0, 0.1) is 0 Å². The fourth-order valence-corrected chi connectivity index (χ4v) is 6.20. The van der Waals surface area contributed by atoms with Crippen LogP contribution in [-0.2, 0) is 4.79 Å². The maximum Gasteiger partial charge on any atom is 0.251 e. The summed E-state index contributed by atoms with van der Waals surface area (Å²) >= 11 is 0. The minimum atomic E-state index is -0.520. The number of guanidine groups is 1. The van der Waals surface area contributed by atoms with Crippen molar-refractivity contribution in [3.63, 3.8) is 0 Å². The molecular formula is C30H34N4O4. The van der Waals surface area contributed by atoms with Crippen molar-refractivity contribution in [2.45, 2.75) is 76.1 Å². The molecule has 0 saturated heterocycles. The maximum atomic E-state index is 13.6. The van der Waals surface area contributed by atoms with Crippen LogP contribution in [0.3, 0.4) is 0 Å². The topological polar surface area (TPSA) is 106 Å². The molecule has 3 N–H and O–H groups in total. The van der Waals surface area contributed by atoms with Gasteiger partial charge in [-0.1, -0.05) is 25.1 Å². The Balaban J connectivity index is 1.46. The first-order chi connectivity index (χ1) is 18.4. The summed E-state index contributed by atoms with van der Waals surface area (Å²) in [7, 11) is 0. The Labute approximate surface area is 222 Å². The van der Waals surface area contributed by atoms with Crippen molar-refractivity contribution in [2.24, 2.45) is 10.7 Å². The van der Waals surface area contributed by atoms with Gasteiger partial charge in [-0.2, -0.15) is 0 Å². The summed E-state index contributed by atoms with van der Waals surface area (Å²) in [4.78, 5) is 33.7. The van der Waals surface area contributed by atoms with Gasteiger partial charge in [0.05, 0.1) is 36.8 Å². The average molecular weight is 515 g/mol. The van der Waals surface area contributed by atoms with Crippen LogP contribution in [-0.4, -0.2) is 40.9 Å². The second kappa shape index (κ2) is 9.49. The zero-order valence-electron chi connectivity index (χ0n) is 21.9. The Morgan fingerprint density at radius 1 is 1.16 bits per heavy atom. The van der Waals surface area contributed by atoms with E-state index >= 15 is 0 Å². The highest BCUT2D eigenvalue weighted by molar-refractivity contribution is 6.00. The predicted molar refractivity (Wildman–Crippen MR) is 145 cm³/mol. The number of nitrogens with one attached hydrogen (secondary N) is 1. The maximum absolute atomic E-state index is 13.6. The lowest BCUT2D eigenvalue weighted by Crippen LogP contribution is -2.53. The van der Waals surface area contributed by atoms with Crippen molar-refractivity contribution in [3.8, 4) is 11.5 Å². The number of fused-ring (bicyclic) bond motifs is 4. The van der Waals surface area contributed by atoms with Gasteiger partial charge in [0.25, 0.3) is 5.91 Å². The summed E-state index contributed by atoms with van der Waals surface area (Å²) in [5, 5.41) is 3.23. The quantitative estimate of drug-likeness (QED) is 0.576. The molecule has 2 amide bonds. The van der Waals surface area contributed by atoms with Gasteiger partial charge in [-0.3, -0.25) is 14.5 Å². The van der Waals surface area contributed by atoms with Gasteiger partial charge >= 0.3 is 0 Å². The van der Waals surface area contributed by atoms with Crippen LogP contribution in [0.15, 0.2) is 47.5 Å². The molecule has 5 aliphatic rings. The molecule has 0 saturated carbocycles. The minimum Gasteiger partial charge on any atom is -0.493 e. The number of nitrogens with two attached hydrogens (primary N) is 1. The van der Waals surface area contributed by atoms with E-state index in [2.05, 4.69) is 30.5 Å². The lowest BCUT2D eigenvalue weighted by Gasteiger charge is -2.42. The molecule has 8 nitrogen and oxygen atoms in total. The molecule has 2 aromatic carbocycles. The number of amides is 2. The summed E-state index contributed by atoms with van der Waals surface area (Å²) < 4.78 is 12.0. The Kier molecular flexibility index (Phi) is 6.13. The fraction of sp³-hybridized carbons (Fsp3) is 0.433. The first-order valence-electron chi connectivity index (χ1n) is 13.6. The van der Waals surface area contributed by atoms with E-state index in [1.807, 2.05) is 31.2 Å². The number of nitrogens with zero attached hydrogens (tertiary/aromatic N) is 2. The largest absolute Gasteiger partial charge is 0.493 e. The van der Waals surface area contributed by atoms with Crippen molar-refractivity contribution >= 4 is 23.8 Å². The normalized spacial score (nSPS) is 29.3. The second-order valence-electron chi connectivity index (χ2n) is 10.8. The monoisotopic (exact) mass is 514 g/mol. The Morgan fingerprint density at radius 2 is 2.00 bits per heavy atom. The molecule has 198 valence electrons. The molecule has 0 radical (unpaired) electrons. The number of carbonyl (C=O) groups is 2. The molecule has 0 spiro atoms. The third kappa shape index (κ3) is 4.31. The van der Waals surface area contributed by atoms with Gasteiger partial charge in [-0.15, -0.1) is 0 Å². The third-order valence-corrected chi connectivity index (χ3v) is 8.29. The van der Waals surface area contributed by atoms with E-state index in [1.54, 1.807) is 11.0 Å². The van der Waals surface area contributed by atoms with Gasteiger partial charge < -0.3 is 20.5 Å². The summed E-state index contributed by atoms with van der Waals surface area (Å²) in [6.07, 6.45) is 7.99. The number of benzene rings is 2. The van der Waals surface area contributed by atoms with Gasteiger partial charge in [-0.05, 0) is 62.1 Å². The van der Waals surface area contributed by atoms with Crippen molar-refractivity contribution in [1.29, 1.82) is 0 Å². The molecule has 0 unspecified atom stereocenters. The van der Waals surface area contributed by atoms with Gasteiger partial charge in [-0.25, -0.2) is 4.99 Å². The van der Waals surface area contributed by atoms with E-state index in [0.717, 1.165) is 41.7 Å². The van der Waals surface area contributed by atoms with Crippen molar-refractivity contribution < 1.29 is 19.1 Å². The van der Waals surface area contributed by atoms with E-state index in [1.165, 1.54) is 0 Å². The third-order valence-electron chi connectivity index (χ3n) is 8.29.